The third-order valence-corrected chi connectivity index (χ3v) is 0. The van der Waals surface area contributed by atoms with E-state index in [-0.39, 0.29) is 0 Å². The topological polar surface area (TPSA) is 0 Å². The van der Waals surface area contributed by atoms with E-state index in [4.69, 9.17) is 0 Å². The van der Waals surface area contributed by atoms with Crippen LogP contribution in [0.2, 0.25) is 0 Å². The summed E-state index contributed by atoms with van der Waals surface area (Å²) in [5.41, 5.74) is 0. The molecule has 0 nitrogen and oxygen atoms in total. The molecule has 6 heteroatoms. The molecule has 0 rings (SSSR count). The molecule has 42 valence electrons. The first-order valence-electron chi connectivity index (χ1n) is 0.845. The van der Waals surface area contributed by atoms with Crippen molar-refractivity contribution in [2.45, 2.75) is 0 Å². The van der Waals surface area contributed by atoms with E-state index >= 15 is 0 Å². The molecule has 0 heterocycles. The van der Waals surface area contributed by atoms with Crippen molar-refractivity contribution in [2.24, 2.45) is 0 Å². The molecular weight excluding hydrogens is 287 g/mol. The normalized spacial score (nSPS) is 19.2. The van der Waals surface area contributed by atoms with Crippen LogP contribution < -0.4 is 0 Å². The molecular formula is H5IS5. The summed E-state index contributed by atoms with van der Waals surface area (Å²) in [4.78, 5) is 0. The summed E-state index contributed by atoms with van der Waals surface area (Å²) in [5.74, 6) is 0. The van der Waals surface area contributed by atoms with E-state index in [1.54, 1.807) is 0 Å². The third-order valence-electron chi connectivity index (χ3n) is 0. The van der Waals surface area contributed by atoms with Crippen LogP contribution in [0.3, 0.4) is 0 Å². The van der Waals surface area contributed by atoms with E-state index in [1.807, 2.05) is 0 Å². The van der Waals surface area contributed by atoms with Crippen molar-refractivity contribution in [3.05, 3.63) is 0 Å². The summed E-state index contributed by atoms with van der Waals surface area (Å²) >= 11 is 0. The van der Waals surface area contributed by atoms with Gasteiger partial charge in [0.1, 0.15) is 0 Å². The predicted octanol–water partition coefficient (Wildman–Crippen LogP) is 2.79. The van der Waals surface area contributed by atoms with Gasteiger partial charge in [-0.1, -0.05) is 0 Å². The molecule has 0 aliphatic heterocycles. The van der Waals surface area contributed by atoms with E-state index in [9.17, 15) is 0 Å². The van der Waals surface area contributed by atoms with Gasteiger partial charge in [0.2, 0.25) is 0 Å². The van der Waals surface area contributed by atoms with Gasteiger partial charge in [-0.2, -0.15) is 0 Å². The number of halogens is 1. The Labute approximate surface area is 58.1 Å². The van der Waals surface area contributed by atoms with Crippen LogP contribution in [0.4, 0.5) is 0 Å². The van der Waals surface area contributed by atoms with E-state index in [0.29, 0.717) is 0 Å². The molecule has 0 N–H and O–H groups in total. The number of hydrogen-bond donors (Lipinski definition) is 5. The third kappa shape index (κ3) is 31.6. The van der Waals surface area contributed by atoms with Gasteiger partial charge in [-0.05, 0) is 0 Å². The quantitative estimate of drug-likeness (QED) is 0.329. The molecule has 0 radical (unpaired) electrons. The average Bonchev–Trinajstić information content (AvgIpc) is 0.650. The minimum atomic E-state index is -3.07. The summed E-state index contributed by atoms with van der Waals surface area (Å²) < 4.78 is 0. The Kier molecular flexibility index (Phi) is 2.85. The monoisotopic (exact) mass is 292 g/mol. The molecule has 0 atom stereocenters. The maximum atomic E-state index is 3.92. The predicted molar refractivity (Wildman–Crippen MR) is 59.0 cm³/mol. The van der Waals surface area contributed by atoms with Crippen molar-refractivity contribution in [3.8, 4) is 0 Å². The molecule has 6 heavy (non-hydrogen) atoms. The number of thiol groups is 5. The second-order valence-electron chi connectivity index (χ2n) is 0.756. The number of rotatable bonds is 0. The van der Waals surface area contributed by atoms with Gasteiger partial charge in [0.25, 0.3) is 0 Å². The Bertz CT molecular complexity index is 37.1. The minimum absolute atomic E-state index is 3.07. The van der Waals surface area contributed by atoms with Crippen LogP contribution >= 0.6 is 59.1 Å². The number of hydrogen-bond acceptors (Lipinski definition) is 5. The Hall–Kier alpha value is 2.48. The molecule has 0 aliphatic carbocycles. The van der Waals surface area contributed by atoms with Gasteiger partial charge in [-0.25, -0.2) is 0 Å². The van der Waals surface area contributed by atoms with Crippen molar-refractivity contribution >= 4 is 59.1 Å². The SMILES string of the molecule is SI(S)(S)(S)S. The molecule has 0 spiro atoms. The van der Waals surface area contributed by atoms with Gasteiger partial charge in [0, 0.05) is 0 Å². The zero-order valence-corrected chi connectivity index (χ0v) is 9.24. The zero-order valence-electron chi connectivity index (χ0n) is 2.61. The standard InChI is InChI=1S/H5IS5/c2-1(3,4,5)6/h2-6H. The van der Waals surface area contributed by atoms with E-state index in [2.05, 4.69) is 49.0 Å². The Morgan fingerprint density at radius 1 is 0.667 bits per heavy atom. The summed E-state index contributed by atoms with van der Waals surface area (Å²) in [6, 6.07) is 0. The molecule has 0 saturated carbocycles. The van der Waals surface area contributed by atoms with Crippen molar-refractivity contribution in [2.75, 3.05) is 0 Å². The molecule has 0 aromatic rings. The summed E-state index contributed by atoms with van der Waals surface area (Å²) in [6.45, 7) is 0. The maximum absolute atomic E-state index is 3.92. The van der Waals surface area contributed by atoms with Crippen LogP contribution in [0.15, 0.2) is 0 Å². The molecule has 0 bridgehead atoms. The fourth-order valence-electron chi connectivity index (χ4n) is 0. The van der Waals surface area contributed by atoms with Gasteiger partial charge in [0.05, 0.1) is 0 Å². The van der Waals surface area contributed by atoms with Gasteiger partial charge < -0.3 is 0 Å². The van der Waals surface area contributed by atoms with Crippen LogP contribution in [-0.2, 0) is 0 Å². The summed E-state index contributed by atoms with van der Waals surface area (Å²) in [7, 11) is 16.5. The van der Waals surface area contributed by atoms with Crippen LogP contribution in [0, 0.1) is 0 Å². The van der Waals surface area contributed by atoms with Crippen molar-refractivity contribution in [3.63, 3.8) is 0 Å². The Morgan fingerprint density at radius 2 is 0.667 bits per heavy atom. The first-order valence-corrected chi connectivity index (χ1v) is 17.0. The molecule has 0 saturated heterocycles. The van der Waals surface area contributed by atoms with Gasteiger partial charge >= 0.3 is 59.1 Å². The fourth-order valence-corrected chi connectivity index (χ4v) is 0. The van der Waals surface area contributed by atoms with Crippen molar-refractivity contribution in [1.82, 2.24) is 0 Å². The second-order valence-corrected chi connectivity index (χ2v) is 45.6. The first kappa shape index (κ1) is 8.48. The summed E-state index contributed by atoms with van der Waals surface area (Å²) in [6.07, 6.45) is 0. The molecule has 0 unspecified atom stereocenters. The van der Waals surface area contributed by atoms with Crippen LogP contribution in [0.1, 0.15) is 0 Å². The molecule has 0 fully saturated rings. The Balaban J connectivity index is 3.73. The van der Waals surface area contributed by atoms with E-state index in [0.717, 1.165) is 0 Å². The summed E-state index contributed by atoms with van der Waals surface area (Å²) in [5, 5.41) is 0. The zero-order chi connectivity index (χ0) is 5.45. The van der Waals surface area contributed by atoms with Crippen molar-refractivity contribution in [1.29, 1.82) is 0 Å². The van der Waals surface area contributed by atoms with Crippen LogP contribution in [-0.4, -0.2) is 0 Å². The molecule has 0 amide bonds. The molecule has 0 aliphatic rings. The molecule has 0 aromatic heterocycles. The van der Waals surface area contributed by atoms with Gasteiger partial charge in [-0.3, -0.25) is 0 Å². The van der Waals surface area contributed by atoms with E-state index < -0.39 is 10.1 Å². The van der Waals surface area contributed by atoms with Gasteiger partial charge in [-0.15, -0.1) is 0 Å². The molecule has 0 aromatic carbocycles. The Morgan fingerprint density at radius 3 is 0.667 bits per heavy atom. The van der Waals surface area contributed by atoms with Crippen molar-refractivity contribution < 1.29 is 0 Å². The first-order chi connectivity index (χ1) is 2.24. The van der Waals surface area contributed by atoms with Crippen LogP contribution in [0.5, 0.6) is 0 Å². The average molecular weight is 292 g/mol. The fraction of sp³-hybridized carbons (Fsp3) is 0. The van der Waals surface area contributed by atoms with Gasteiger partial charge in [0.15, 0.2) is 0 Å². The van der Waals surface area contributed by atoms with E-state index in [1.165, 1.54) is 0 Å². The second kappa shape index (κ2) is 2.02. The van der Waals surface area contributed by atoms with Crippen LogP contribution in [0.25, 0.3) is 0 Å².